The number of aromatic nitrogens is 4. The van der Waals surface area contributed by atoms with Gasteiger partial charge in [-0.25, -0.2) is 0 Å². The van der Waals surface area contributed by atoms with Crippen molar-refractivity contribution in [1.82, 2.24) is 25.5 Å². The van der Waals surface area contributed by atoms with E-state index in [0.717, 1.165) is 0 Å². The van der Waals surface area contributed by atoms with Crippen LogP contribution in [0.15, 0.2) is 24.3 Å². The van der Waals surface area contributed by atoms with Crippen molar-refractivity contribution in [3.8, 4) is 5.69 Å². The molecule has 1 aromatic carbocycles. The van der Waals surface area contributed by atoms with Crippen LogP contribution < -0.4 is 5.32 Å². The highest BCUT2D eigenvalue weighted by Gasteiger charge is 2.14. The van der Waals surface area contributed by atoms with Gasteiger partial charge in [0.25, 0.3) is 5.69 Å². The van der Waals surface area contributed by atoms with E-state index in [9.17, 15) is 10.1 Å². The molecule has 0 aliphatic carbocycles. The van der Waals surface area contributed by atoms with Crippen LogP contribution in [0.2, 0.25) is 0 Å². The summed E-state index contributed by atoms with van der Waals surface area (Å²) in [5.74, 6) is 0.647. The smallest absolute Gasteiger partial charge is 0.269 e. The highest BCUT2D eigenvalue weighted by atomic mass is 16.6. The zero-order valence-corrected chi connectivity index (χ0v) is 11.6. The fraction of sp³-hybridized carbons (Fsp3) is 0.417. The van der Waals surface area contributed by atoms with Crippen molar-refractivity contribution in [2.24, 2.45) is 0 Å². The number of tetrazole rings is 1. The van der Waals surface area contributed by atoms with Gasteiger partial charge in [0, 0.05) is 17.7 Å². The summed E-state index contributed by atoms with van der Waals surface area (Å²) in [6.07, 6.45) is 0. The van der Waals surface area contributed by atoms with Crippen LogP contribution in [0.5, 0.6) is 0 Å². The molecule has 0 radical (unpaired) electrons. The molecule has 0 atom stereocenters. The van der Waals surface area contributed by atoms with Crippen LogP contribution in [0.3, 0.4) is 0 Å². The second-order valence-electron chi connectivity index (χ2n) is 5.38. The van der Waals surface area contributed by atoms with E-state index in [-0.39, 0.29) is 11.2 Å². The molecule has 0 fully saturated rings. The largest absolute Gasteiger partial charge is 0.305 e. The number of nitrogens with one attached hydrogen (secondary N) is 1. The molecule has 20 heavy (non-hydrogen) atoms. The van der Waals surface area contributed by atoms with Crippen LogP contribution in [-0.4, -0.2) is 30.7 Å². The quantitative estimate of drug-likeness (QED) is 0.670. The minimum Gasteiger partial charge on any atom is -0.305 e. The fourth-order valence-electron chi connectivity index (χ4n) is 1.58. The molecule has 0 saturated carbocycles. The van der Waals surface area contributed by atoms with Gasteiger partial charge in [-0.05, 0) is 43.3 Å². The second-order valence-corrected chi connectivity index (χ2v) is 5.38. The lowest BCUT2D eigenvalue weighted by molar-refractivity contribution is -0.384. The average Bonchev–Trinajstić information content (AvgIpc) is 2.84. The summed E-state index contributed by atoms with van der Waals surface area (Å²) in [6, 6.07) is 6.10. The number of hydrogen-bond acceptors (Lipinski definition) is 6. The molecule has 0 bridgehead atoms. The van der Waals surface area contributed by atoms with Gasteiger partial charge in [-0.15, -0.1) is 5.10 Å². The van der Waals surface area contributed by atoms with E-state index in [4.69, 9.17) is 0 Å². The van der Waals surface area contributed by atoms with E-state index in [1.807, 2.05) is 20.8 Å². The highest BCUT2D eigenvalue weighted by Crippen LogP contribution is 2.15. The van der Waals surface area contributed by atoms with Gasteiger partial charge < -0.3 is 5.32 Å². The molecule has 1 N–H and O–H groups in total. The molecule has 0 saturated heterocycles. The van der Waals surface area contributed by atoms with Gasteiger partial charge in [0.05, 0.1) is 17.2 Å². The second kappa shape index (κ2) is 5.33. The lowest BCUT2D eigenvalue weighted by atomic mass is 10.1. The summed E-state index contributed by atoms with van der Waals surface area (Å²) in [5, 5.41) is 25.4. The Labute approximate surface area is 115 Å². The Morgan fingerprint density at radius 1 is 1.30 bits per heavy atom. The van der Waals surface area contributed by atoms with Crippen molar-refractivity contribution in [2.75, 3.05) is 0 Å². The summed E-state index contributed by atoms with van der Waals surface area (Å²) in [7, 11) is 0. The SMILES string of the molecule is CC(C)(C)NCc1nnnn1-c1ccc([N+](=O)[O-])cc1. The monoisotopic (exact) mass is 276 g/mol. The number of rotatable bonds is 4. The Morgan fingerprint density at radius 3 is 2.50 bits per heavy atom. The molecule has 2 rings (SSSR count). The molecule has 0 spiro atoms. The third-order valence-corrected chi connectivity index (χ3v) is 2.62. The lowest BCUT2D eigenvalue weighted by Gasteiger charge is -2.19. The van der Waals surface area contributed by atoms with E-state index < -0.39 is 4.92 Å². The molecule has 2 aromatic rings. The maximum atomic E-state index is 10.6. The van der Waals surface area contributed by atoms with Crippen molar-refractivity contribution in [3.05, 3.63) is 40.2 Å². The van der Waals surface area contributed by atoms with E-state index in [1.54, 1.807) is 16.8 Å². The van der Waals surface area contributed by atoms with Gasteiger partial charge in [0.15, 0.2) is 5.82 Å². The maximum absolute atomic E-state index is 10.6. The van der Waals surface area contributed by atoms with Crippen molar-refractivity contribution in [2.45, 2.75) is 32.9 Å². The number of benzene rings is 1. The summed E-state index contributed by atoms with van der Waals surface area (Å²) in [5.41, 5.74) is 0.675. The van der Waals surface area contributed by atoms with Gasteiger partial charge in [-0.1, -0.05) is 0 Å². The first-order chi connectivity index (χ1) is 9.37. The molecule has 1 aromatic heterocycles. The van der Waals surface area contributed by atoms with Crippen LogP contribution >= 0.6 is 0 Å². The number of hydrogen-bond donors (Lipinski definition) is 1. The molecule has 8 heteroatoms. The highest BCUT2D eigenvalue weighted by molar-refractivity contribution is 5.40. The summed E-state index contributed by atoms with van der Waals surface area (Å²) >= 11 is 0. The molecule has 0 unspecified atom stereocenters. The third kappa shape index (κ3) is 3.35. The topological polar surface area (TPSA) is 98.8 Å². The minimum atomic E-state index is -0.439. The Morgan fingerprint density at radius 2 is 1.95 bits per heavy atom. The Bertz CT molecular complexity index is 599. The first-order valence-corrected chi connectivity index (χ1v) is 6.14. The zero-order chi connectivity index (χ0) is 14.8. The fourth-order valence-corrected chi connectivity index (χ4v) is 1.58. The number of nitrogens with zero attached hydrogens (tertiary/aromatic N) is 5. The van der Waals surface area contributed by atoms with Gasteiger partial charge in [-0.2, -0.15) is 4.68 Å². The van der Waals surface area contributed by atoms with Crippen LogP contribution in [-0.2, 0) is 6.54 Å². The van der Waals surface area contributed by atoms with Gasteiger partial charge in [0.1, 0.15) is 0 Å². The predicted molar refractivity (Wildman–Crippen MR) is 72.4 cm³/mol. The van der Waals surface area contributed by atoms with Gasteiger partial charge in [-0.3, -0.25) is 10.1 Å². The molecular weight excluding hydrogens is 260 g/mol. The molecule has 0 aliphatic rings. The van der Waals surface area contributed by atoms with Crippen LogP contribution in [0.25, 0.3) is 5.69 Å². The van der Waals surface area contributed by atoms with Crippen molar-refractivity contribution in [3.63, 3.8) is 0 Å². The molecular formula is C12H16N6O2. The van der Waals surface area contributed by atoms with Crippen molar-refractivity contribution in [1.29, 1.82) is 0 Å². The van der Waals surface area contributed by atoms with Crippen LogP contribution in [0, 0.1) is 10.1 Å². The van der Waals surface area contributed by atoms with E-state index in [1.165, 1.54) is 12.1 Å². The molecule has 1 heterocycles. The lowest BCUT2D eigenvalue weighted by Crippen LogP contribution is -2.35. The van der Waals surface area contributed by atoms with E-state index in [2.05, 4.69) is 20.8 Å². The van der Waals surface area contributed by atoms with Crippen molar-refractivity contribution < 1.29 is 4.92 Å². The third-order valence-electron chi connectivity index (χ3n) is 2.62. The Balaban J connectivity index is 2.21. The zero-order valence-electron chi connectivity index (χ0n) is 11.6. The van der Waals surface area contributed by atoms with Crippen LogP contribution in [0.1, 0.15) is 26.6 Å². The average molecular weight is 276 g/mol. The minimum absolute atomic E-state index is 0.0381. The van der Waals surface area contributed by atoms with Crippen LogP contribution in [0.4, 0.5) is 5.69 Å². The van der Waals surface area contributed by atoms with Gasteiger partial charge >= 0.3 is 0 Å². The van der Waals surface area contributed by atoms with E-state index >= 15 is 0 Å². The number of nitro groups is 1. The molecule has 0 amide bonds. The molecule has 8 nitrogen and oxygen atoms in total. The number of nitro benzene ring substituents is 1. The predicted octanol–water partition coefficient (Wildman–Crippen LogP) is 1.46. The van der Waals surface area contributed by atoms with E-state index in [0.29, 0.717) is 18.1 Å². The first kappa shape index (κ1) is 14.1. The summed E-state index contributed by atoms with van der Waals surface area (Å²) < 4.78 is 1.56. The van der Waals surface area contributed by atoms with Crippen molar-refractivity contribution >= 4 is 5.69 Å². The first-order valence-electron chi connectivity index (χ1n) is 6.14. The Kier molecular flexibility index (Phi) is 3.75. The summed E-state index contributed by atoms with van der Waals surface area (Å²) in [4.78, 5) is 10.2. The maximum Gasteiger partial charge on any atom is 0.269 e. The van der Waals surface area contributed by atoms with Gasteiger partial charge in [0.2, 0.25) is 0 Å². The Hall–Kier alpha value is -2.35. The normalized spacial score (nSPS) is 11.6. The number of non-ortho nitro benzene ring substituents is 1. The molecule has 0 aliphatic heterocycles. The summed E-state index contributed by atoms with van der Waals surface area (Å²) in [6.45, 7) is 6.65. The standard InChI is InChI=1S/C12H16N6O2/c1-12(2,3)13-8-11-14-15-16-17(11)9-4-6-10(7-5-9)18(19)20/h4-7,13H,8H2,1-3H3. The molecule has 106 valence electrons.